The quantitative estimate of drug-likeness (QED) is 0.739. The summed E-state index contributed by atoms with van der Waals surface area (Å²) in [6.45, 7) is 3.75. The average Bonchev–Trinajstić information content (AvgIpc) is 2.57. The molecule has 0 bridgehead atoms. The molecule has 0 atom stereocenters. The van der Waals surface area contributed by atoms with Crippen molar-refractivity contribution in [3.8, 4) is 0 Å². The van der Waals surface area contributed by atoms with Gasteiger partial charge in [-0.2, -0.15) is 0 Å². The van der Waals surface area contributed by atoms with Crippen LogP contribution in [0.15, 0.2) is 24.3 Å². The lowest BCUT2D eigenvalue weighted by atomic mass is 10.1. The molecule has 0 aliphatic heterocycles. The number of aryl methyl sites for hydroxylation is 2. The zero-order valence-electron chi connectivity index (χ0n) is 9.38. The zero-order valence-corrected chi connectivity index (χ0v) is 11.0. The van der Waals surface area contributed by atoms with Crippen LogP contribution in [0, 0.1) is 19.7 Å². The molecule has 0 N–H and O–H groups in total. The molecule has 4 heteroatoms. The second kappa shape index (κ2) is 4.59. The Hall–Kier alpha value is -1.19. The van der Waals surface area contributed by atoms with Crippen LogP contribution in [0.2, 0.25) is 5.02 Å². The fourth-order valence-corrected chi connectivity index (χ4v) is 2.92. The number of halogens is 2. The van der Waals surface area contributed by atoms with Crippen LogP contribution in [0.4, 0.5) is 4.39 Å². The zero-order chi connectivity index (χ0) is 12.6. The van der Waals surface area contributed by atoms with Crippen LogP contribution in [0.5, 0.6) is 0 Å². The molecule has 0 unspecified atom stereocenters. The predicted octanol–water partition coefficient (Wildman–Crippen LogP) is 4.39. The summed E-state index contributed by atoms with van der Waals surface area (Å²) < 4.78 is 13.6. The first kappa shape index (κ1) is 12.3. The Balaban J connectivity index is 2.55. The minimum absolute atomic E-state index is 0.0425. The van der Waals surface area contributed by atoms with E-state index in [2.05, 4.69) is 0 Å². The van der Waals surface area contributed by atoms with Crippen molar-refractivity contribution in [3.05, 3.63) is 56.0 Å². The molecule has 1 heterocycles. The predicted molar refractivity (Wildman–Crippen MR) is 68.6 cm³/mol. The van der Waals surface area contributed by atoms with Crippen LogP contribution in [0.1, 0.15) is 25.7 Å². The maximum absolute atomic E-state index is 13.6. The minimum Gasteiger partial charge on any atom is -0.288 e. The Kier molecular flexibility index (Phi) is 3.31. The first-order chi connectivity index (χ1) is 8.00. The summed E-state index contributed by atoms with van der Waals surface area (Å²) in [4.78, 5) is 13.8. The lowest BCUT2D eigenvalue weighted by Crippen LogP contribution is -2.04. The van der Waals surface area contributed by atoms with E-state index in [0.717, 1.165) is 10.4 Å². The summed E-state index contributed by atoms with van der Waals surface area (Å²) in [6, 6.07) is 6.16. The van der Waals surface area contributed by atoms with Gasteiger partial charge in [-0.25, -0.2) is 4.39 Å². The number of hydrogen-bond acceptors (Lipinski definition) is 2. The molecule has 1 aromatic carbocycles. The normalized spacial score (nSPS) is 10.6. The highest BCUT2D eigenvalue weighted by Crippen LogP contribution is 2.28. The number of carbonyl (C=O) groups excluding carboxylic acids is 1. The number of ketones is 1. The fraction of sp³-hybridized carbons (Fsp3) is 0.154. The van der Waals surface area contributed by atoms with E-state index >= 15 is 0 Å². The Bertz CT molecular complexity index is 569. The van der Waals surface area contributed by atoms with E-state index in [1.807, 2.05) is 19.9 Å². The Morgan fingerprint density at radius 3 is 2.59 bits per heavy atom. The molecule has 0 saturated heterocycles. The van der Waals surface area contributed by atoms with Crippen molar-refractivity contribution in [1.82, 2.24) is 0 Å². The van der Waals surface area contributed by atoms with Crippen LogP contribution in [0.3, 0.4) is 0 Å². The Morgan fingerprint density at radius 2 is 2.06 bits per heavy atom. The molecule has 88 valence electrons. The smallest absolute Gasteiger partial charge is 0.207 e. The molecule has 1 aromatic heterocycles. The van der Waals surface area contributed by atoms with Gasteiger partial charge in [-0.05, 0) is 37.6 Å². The standard InChI is InChI=1S/C13H10ClFOS/c1-7-6-8(2)17-13(7)12(16)11-9(14)4-3-5-10(11)15/h3-6H,1-2H3. The van der Waals surface area contributed by atoms with Crippen molar-refractivity contribution >= 4 is 28.7 Å². The van der Waals surface area contributed by atoms with E-state index < -0.39 is 5.82 Å². The van der Waals surface area contributed by atoms with E-state index in [0.29, 0.717) is 4.88 Å². The van der Waals surface area contributed by atoms with Crippen molar-refractivity contribution in [2.75, 3.05) is 0 Å². The maximum atomic E-state index is 13.6. The number of carbonyl (C=O) groups is 1. The number of hydrogen-bond donors (Lipinski definition) is 0. The van der Waals surface area contributed by atoms with Gasteiger partial charge in [-0.3, -0.25) is 4.79 Å². The molecule has 0 aliphatic rings. The van der Waals surface area contributed by atoms with Crippen LogP contribution < -0.4 is 0 Å². The van der Waals surface area contributed by atoms with Crippen molar-refractivity contribution in [2.45, 2.75) is 13.8 Å². The van der Waals surface area contributed by atoms with Gasteiger partial charge in [0.2, 0.25) is 5.78 Å². The minimum atomic E-state index is -0.576. The van der Waals surface area contributed by atoms with Crippen LogP contribution >= 0.6 is 22.9 Å². The van der Waals surface area contributed by atoms with E-state index in [9.17, 15) is 9.18 Å². The van der Waals surface area contributed by atoms with Crippen LogP contribution in [-0.2, 0) is 0 Å². The molecule has 1 nitrogen and oxygen atoms in total. The van der Waals surface area contributed by atoms with Crippen molar-refractivity contribution in [2.24, 2.45) is 0 Å². The van der Waals surface area contributed by atoms with Gasteiger partial charge in [0.05, 0.1) is 15.5 Å². The number of benzene rings is 1. The molecule has 0 radical (unpaired) electrons. The Labute approximate surface area is 108 Å². The summed E-state index contributed by atoms with van der Waals surface area (Å²) in [6.07, 6.45) is 0. The third kappa shape index (κ3) is 2.26. The van der Waals surface area contributed by atoms with Crippen molar-refractivity contribution in [1.29, 1.82) is 0 Å². The van der Waals surface area contributed by atoms with Crippen LogP contribution in [0.25, 0.3) is 0 Å². The fourth-order valence-electron chi connectivity index (χ4n) is 1.70. The summed E-state index contributed by atoms with van der Waals surface area (Å²) >= 11 is 7.24. The maximum Gasteiger partial charge on any atom is 0.207 e. The third-order valence-corrected chi connectivity index (χ3v) is 3.90. The average molecular weight is 269 g/mol. The van der Waals surface area contributed by atoms with E-state index in [1.54, 1.807) is 0 Å². The lowest BCUT2D eigenvalue weighted by Gasteiger charge is -2.04. The molecular weight excluding hydrogens is 259 g/mol. The molecule has 2 rings (SSSR count). The highest BCUT2D eigenvalue weighted by molar-refractivity contribution is 7.14. The first-order valence-corrected chi connectivity index (χ1v) is 6.26. The van der Waals surface area contributed by atoms with Gasteiger partial charge in [0.25, 0.3) is 0 Å². The molecule has 2 aromatic rings. The third-order valence-electron chi connectivity index (χ3n) is 2.44. The van der Waals surface area contributed by atoms with E-state index in [-0.39, 0.29) is 16.4 Å². The lowest BCUT2D eigenvalue weighted by molar-refractivity contribution is 0.103. The first-order valence-electron chi connectivity index (χ1n) is 5.06. The van der Waals surface area contributed by atoms with E-state index in [1.165, 1.54) is 29.5 Å². The van der Waals surface area contributed by atoms with E-state index in [4.69, 9.17) is 11.6 Å². The second-order valence-corrected chi connectivity index (χ2v) is 5.46. The molecule has 0 fully saturated rings. The van der Waals surface area contributed by atoms with Crippen molar-refractivity contribution in [3.63, 3.8) is 0 Å². The largest absolute Gasteiger partial charge is 0.288 e. The number of rotatable bonds is 2. The van der Waals surface area contributed by atoms with Crippen LogP contribution in [-0.4, -0.2) is 5.78 Å². The SMILES string of the molecule is Cc1cc(C)c(C(=O)c2c(F)cccc2Cl)s1. The topological polar surface area (TPSA) is 17.1 Å². The van der Waals surface area contributed by atoms with Crippen molar-refractivity contribution < 1.29 is 9.18 Å². The van der Waals surface area contributed by atoms with Gasteiger partial charge >= 0.3 is 0 Å². The molecular formula is C13H10ClFOS. The van der Waals surface area contributed by atoms with Gasteiger partial charge in [0, 0.05) is 4.88 Å². The summed E-state index contributed by atoms with van der Waals surface area (Å²) in [5.74, 6) is -0.920. The second-order valence-electron chi connectivity index (χ2n) is 3.79. The van der Waals surface area contributed by atoms with Gasteiger partial charge in [-0.15, -0.1) is 11.3 Å². The molecule has 0 aliphatic carbocycles. The summed E-state index contributed by atoms with van der Waals surface area (Å²) in [5, 5.41) is 0.153. The van der Waals surface area contributed by atoms with Gasteiger partial charge in [-0.1, -0.05) is 17.7 Å². The highest BCUT2D eigenvalue weighted by Gasteiger charge is 2.20. The summed E-state index contributed by atoms with van der Waals surface area (Å²) in [7, 11) is 0. The monoisotopic (exact) mass is 268 g/mol. The highest BCUT2D eigenvalue weighted by atomic mass is 35.5. The number of thiophene rings is 1. The Morgan fingerprint density at radius 1 is 1.35 bits per heavy atom. The molecule has 17 heavy (non-hydrogen) atoms. The van der Waals surface area contributed by atoms with Gasteiger partial charge in [0.15, 0.2) is 0 Å². The van der Waals surface area contributed by atoms with Gasteiger partial charge < -0.3 is 0 Å². The molecule has 0 saturated carbocycles. The van der Waals surface area contributed by atoms with Gasteiger partial charge in [0.1, 0.15) is 5.82 Å². The molecule has 0 amide bonds. The molecule has 0 spiro atoms. The summed E-state index contributed by atoms with van der Waals surface area (Å²) in [5.41, 5.74) is 0.816.